The van der Waals surface area contributed by atoms with E-state index in [0.29, 0.717) is 12.4 Å². The standard InChI is InChI=1S/C16H14IN3O/c17-15-10-19-20(16(15)18)11-12-5-4-8-14(9-12)21-13-6-2-1-3-7-13/h1-10H,11,18H2. The van der Waals surface area contributed by atoms with Crippen LogP contribution in [0.15, 0.2) is 60.8 Å². The molecule has 0 atom stereocenters. The lowest BCUT2D eigenvalue weighted by Crippen LogP contribution is -2.06. The number of para-hydroxylation sites is 1. The quantitative estimate of drug-likeness (QED) is 0.687. The van der Waals surface area contributed by atoms with E-state index in [-0.39, 0.29) is 0 Å². The first kappa shape index (κ1) is 13.9. The van der Waals surface area contributed by atoms with Gasteiger partial charge in [-0.15, -0.1) is 0 Å². The first-order valence-electron chi connectivity index (χ1n) is 6.51. The van der Waals surface area contributed by atoms with Gasteiger partial charge >= 0.3 is 0 Å². The molecule has 0 saturated carbocycles. The van der Waals surface area contributed by atoms with Gasteiger partial charge in [0.1, 0.15) is 17.3 Å². The number of halogens is 1. The van der Waals surface area contributed by atoms with Gasteiger partial charge in [0, 0.05) is 0 Å². The highest BCUT2D eigenvalue weighted by atomic mass is 127. The van der Waals surface area contributed by atoms with E-state index in [1.807, 2.05) is 54.6 Å². The minimum Gasteiger partial charge on any atom is -0.457 e. The molecule has 0 aliphatic heterocycles. The highest BCUT2D eigenvalue weighted by molar-refractivity contribution is 14.1. The van der Waals surface area contributed by atoms with Crippen molar-refractivity contribution < 1.29 is 4.74 Å². The maximum Gasteiger partial charge on any atom is 0.135 e. The predicted molar refractivity (Wildman–Crippen MR) is 91.4 cm³/mol. The summed E-state index contributed by atoms with van der Waals surface area (Å²) >= 11 is 2.18. The van der Waals surface area contributed by atoms with Gasteiger partial charge in [0.2, 0.25) is 0 Å². The normalized spacial score (nSPS) is 10.5. The number of benzene rings is 2. The van der Waals surface area contributed by atoms with Crippen LogP contribution in [-0.4, -0.2) is 9.78 Å². The summed E-state index contributed by atoms with van der Waals surface area (Å²) in [7, 11) is 0. The molecule has 1 aromatic heterocycles. The number of nitrogens with two attached hydrogens (primary N) is 1. The van der Waals surface area contributed by atoms with Crippen molar-refractivity contribution in [1.82, 2.24) is 9.78 Å². The van der Waals surface area contributed by atoms with E-state index in [1.165, 1.54) is 0 Å². The summed E-state index contributed by atoms with van der Waals surface area (Å²) < 4.78 is 8.57. The van der Waals surface area contributed by atoms with Gasteiger partial charge in [0.15, 0.2) is 0 Å². The van der Waals surface area contributed by atoms with Crippen molar-refractivity contribution in [2.75, 3.05) is 5.73 Å². The number of aromatic nitrogens is 2. The minimum atomic E-state index is 0.626. The van der Waals surface area contributed by atoms with Crippen molar-refractivity contribution in [3.63, 3.8) is 0 Å². The molecular formula is C16H14IN3O. The van der Waals surface area contributed by atoms with Crippen LogP contribution in [0, 0.1) is 3.57 Å². The molecule has 1 heterocycles. The average molecular weight is 391 g/mol. The maximum absolute atomic E-state index is 5.97. The highest BCUT2D eigenvalue weighted by Gasteiger charge is 2.06. The SMILES string of the molecule is Nc1c(I)cnn1Cc1cccc(Oc2ccccc2)c1. The van der Waals surface area contributed by atoms with Crippen molar-refractivity contribution in [1.29, 1.82) is 0 Å². The Labute approximate surface area is 136 Å². The molecule has 0 radical (unpaired) electrons. The van der Waals surface area contributed by atoms with E-state index in [1.54, 1.807) is 10.9 Å². The summed E-state index contributed by atoms with van der Waals surface area (Å²) in [5, 5.41) is 4.27. The lowest BCUT2D eigenvalue weighted by Gasteiger charge is -2.08. The number of nitrogen functional groups attached to an aromatic ring is 1. The third kappa shape index (κ3) is 3.36. The zero-order valence-corrected chi connectivity index (χ0v) is 13.4. The Balaban J connectivity index is 1.79. The highest BCUT2D eigenvalue weighted by Crippen LogP contribution is 2.23. The lowest BCUT2D eigenvalue weighted by molar-refractivity contribution is 0.481. The summed E-state index contributed by atoms with van der Waals surface area (Å²) in [4.78, 5) is 0. The van der Waals surface area contributed by atoms with Gasteiger partial charge in [-0.25, -0.2) is 4.68 Å². The van der Waals surface area contributed by atoms with Crippen LogP contribution in [0.2, 0.25) is 0 Å². The third-order valence-corrected chi connectivity index (χ3v) is 3.87. The molecule has 3 rings (SSSR count). The van der Waals surface area contributed by atoms with E-state index in [0.717, 1.165) is 20.6 Å². The Morgan fingerprint density at radius 1 is 1.05 bits per heavy atom. The summed E-state index contributed by atoms with van der Waals surface area (Å²) in [6.07, 6.45) is 1.76. The molecule has 0 fully saturated rings. The van der Waals surface area contributed by atoms with Gasteiger partial charge in [-0.3, -0.25) is 0 Å². The first-order chi connectivity index (χ1) is 10.2. The molecule has 0 aliphatic rings. The van der Waals surface area contributed by atoms with Crippen molar-refractivity contribution >= 4 is 28.4 Å². The Morgan fingerprint density at radius 3 is 2.52 bits per heavy atom. The molecule has 0 saturated heterocycles. The molecule has 0 unspecified atom stereocenters. The molecule has 4 nitrogen and oxygen atoms in total. The van der Waals surface area contributed by atoms with Crippen molar-refractivity contribution in [3.8, 4) is 11.5 Å². The second kappa shape index (κ2) is 6.17. The zero-order valence-electron chi connectivity index (χ0n) is 11.2. The monoisotopic (exact) mass is 391 g/mol. The number of nitrogens with zero attached hydrogens (tertiary/aromatic N) is 2. The van der Waals surface area contributed by atoms with Crippen molar-refractivity contribution in [2.24, 2.45) is 0 Å². The lowest BCUT2D eigenvalue weighted by atomic mass is 10.2. The van der Waals surface area contributed by atoms with Crippen LogP contribution in [0.1, 0.15) is 5.56 Å². The van der Waals surface area contributed by atoms with Gasteiger partial charge in [0.25, 0.3) is 0 Å². The number of hydrogen-bond donors (Lipinski definition) is 1. The molecular weight excluding hydrogens is 377 g/mol. The Kier molecular flexibility index (Phi) is 4.10. The number of rotatable bonds is 4. The smallest absolute Gasteiger partial charge is 0.135 e. The summed E-state index contributed by atoms with van der Waals surface area (Å²) in [5.41, 5.74) is 7.07. The second-order valence-electron chi connectivity index (χ2n) is 4.60. The molecule has 2 aromatic carbocycles. The number of hydrogen-bond acceptors (Lipinski definition) is 3. The molecule has 0 spiro atoms. The van der Waals surface area contributed by atoms with Gasteiger partial charge in [-0.1, -0.05) is 30.3 Å². The van der Waals surface area contributed by atoms with Gasteiger partial charge in [-0.2, -0.15) is 5.10 Å². The molecule has 2 N–H and O–H groups in total. The Bertz CT molecular complexity index is 740. The first-order valence-corrected chi connectivity index (χ1v) is 7.59. The number of anilines is 1. The van der Waals surface area contributed by atoms with E-state index in [4.69, 9.17) is 10.5 Å². The Hall–Kier alpha value is -2.02. The van der Waals surface area contributed by atoms with Crippen LogP contribution in [0.25, 0.3) is 0 Å². The van der Waals surface area contributed by atoms with E-state index in [2.05, 4.69) is 27.7 Å². The summed E-state index contributed by atoms with van der Waals surface area (Å²) in [5.74, 6) is 2.31. The van der Waals surface area contributed by atoms with Crippen LogP contribution in [0.5, 0.6) is 11.5 Å². The van der Waals surface area contributed by atoms with Gasteiger partial charge < -0.3 is 10.5 Å². The molecule has 0 bridgehead atoms. The summed E-state index contributed by atoms with van der Waals surface area (Å²) in [6.45, 7) is 0.626. The molecule has 21 heavy (non-hydrogen) atoms. The predicted octanol–water partition coefficient (Wildman–Crippen LogP) is 3.91. The van der Waals surface area contributed by atoms with Crippen LogP contribution >= 0.6 is 22.6 Å². The van der Waals surface area contributed by atoms with Gasteiger partial charge in [-0.05, 0) is 52.4 Å². The van der Waals surface area contributed by atoms with E-state index < -0.39 is 0 Å². The van der Waals surface area contributed by atoms with Crippen LogP contribution in [0.3, 0.4) is 0 Å². The molecule has 106 valence electrons. The topological polar surface area (TPSA) is 53.1 Å². The van der Waals surface area contributed by atoms with Crippen molar-refractivity contribution in [3.05, 3.63) is 69.9 Å². The molecule has 3 aromatic rings. The Morgan fingerprint density at radius 2 is 1.81 bits per heavy atom. The van der Waals surface area contributed by atoms with E-state index in [9.17, 15) is 0 Å². The molecule has 0 amide bonds. The minimum absolute atomic E-state index is 0.626. The van der Waals surface area contributed by atoms with E-state index >= 15 is 0 Å². The molecule has 5 heteroatoms. The fraction of sp³-hybridized carbons (Fsp3) is 0.0625. The summed E-state index contributed by atoms with van der Waals surface area (Å²) in [6, 6.07) is 17.7. The number of ether oxygens (including phenoxy) is 1. The third-order valence-electron chi connectivity index (χ3n) is 3.04. The average Bonchev–Trinajstić information content (AvgIpc) is 2.81. The van der Waals surface area contributed by atoms with Crippen LogP contribution in [0.4, 0.5) is 5.82 Å². The maximum atomic E-state index is 5.97. The molecule has 0 aliphatic carbocycles. The fourth-order valence-electron chi connectivity index (χ4n) is 2.00. The zero-order chi connectivity index (χ0) is 14.7. The van der Waals surface area contributed by atoms with Crippen LogP contribution in [-0.2, 0) is 6.54 Å². The van der Waals surface area contributed by atoms with Crippen molar-refractivity contribution in [2.45, 2.75) is 6.54 Å². The van der Waals surface area contributed by atoms with Gasteiger partial charge in [0.05, 0.1) is 16.3 Å². The second-order valence-corrected chi connectivity index (χ2v) is 5.76. The van der Waals surface area contributed by atoms with Crippen LogP contribution < -0.4 is 10.5 Å². The largest absolute Gasteiger partial charge is 0.457 e. The fourth-order valence-corrected chi connectivity index (χ4v) is 2.41.